The van der Waals surface area contributed by atoms with E-state index >= 15 is 0 Å². The summed E-state index contributed by atoms with van der Waals surface area (Å²) < 4.78 is 34.9. The number of carbonyl (C=O) groups excluding carboxylic acids is 1. The van der Waals surface area contributed by atoms with Crippen molar-refractivity contribution in [2.75, 3.05) is 11.5 Å². The van der Waals surface area contributed by atoms with E-state index in [1.807, 2.05) is 35.7 Å². The van der Waals surface area contributed by atoms with Gasteiger partial charge in [-0.25, -0.2) is 4.79 Å². The minimum Gasteiger partial charge on any atom is -0.434 e. The highest BCUT2D eigenvalue weighted by molar-refractivity contribution is 8.19. The van der Waals surface area contributed by atoms with E-state index in [4.69, 9.17) is 4.74 Å². The molecular weight excluding hydrogens is 378 g/mol. The summed E-state index contributed by atoms with van der Waals surface area (Å²) in [5.41, 5.74) is 1.57. The Kier molecular flexibility index (Phi) is 6.57. The van der Waals surface area contributed by atoms with Crippen molar-refractivity contribution in [2.45, 2.75) is 11.2 Å². The lowest BCUT2D eigenvalue weighted by Gasteiger charge is -2.09. The Morgan fingerprint density at radius 1 is 1.08 bits per heavy atom. The Labute approximate surface area is 158 Å². The zero-order chi connectivity index (χ0) is 18.4. The molecule has 0 atom stereocenters. The first-order chi connectivity index (χ1) is 12.6. The van der Waals surface area contributed by atoms with Gasteiger partial charge in [0, 0.05) is 23.1 Å². The number of benzene rings is 2. The molecule has 7 heteroatoms. The topological polar surface area (TPSA) is 35.5 Å². The number of hydrogen-bond donors (Lipinski definition) is 0. The minimum absolute atomic E-state index is 0.00228. The molecule has 1 aliphatic heterocycles. The van der Waals surface area contributed by atoms with Crippen molar-refractivity contribution < 1.29 is 23.0 Å². The van der Waals surface area contributed by atoms with Crippen molar-refractivity contribution in [2.24, 2.45) is 0 Å². The van der Waals surface area contributed by atoms with Crippen LogP contribution in [0.1, 0.15) is 15.7 Å². The Morgan fingerprint density at radius 2 is 1.77 bits per heavy atom. The van der Waals surface area contributed by atoms with Crippen molar-refractivity contribution in [3.05, 3.63) is 65.7 Å². The SMILES string of the molecule is O=C(/C=C/c1ccccc1OC(F)F)Oc1ccc(C2SCCS2)cc1. The summed E-state index contributed by atoms with van der Waals surface area (Å²) in [5, 5.41) is 0. The summed E-state index contributed by atoms with van der Waals surface area (Å²) in [5.74, 6) is 2.14. The van der Waals surface area contributed by atoms with Gasteiger partial charge in [-0.05, 0) is 29.8 Å². The number of esters is 1. The number of carbonyl (C=O) groups is 1. The second kappa shape index (κ2) is 9.09. The Hall–Kier alpha value is -1.99. The summed E-state index contributed by atoms with van der Waals surface area (Å²) in [7, 11) is 0. The quantitative estimate of drug-likeness (QED) is 0.373. The van der Waals surface area contributed by atoms with Gasteiger partial charge in [-0.1, -0.05) is 30.3 Å². The van der Waals surface area contributed by atoms with Crippen LogP contribution in [0.3, 0.4) is 0 Å². The van der Waals surface area contributed by atoms with Crippen molar-refractivity contribution >= 4 is 35.6 Å². The molecule has 3 nitrogen and oxygen atoms in total. The van der Waals surface area contributed by atoms with Crippen molar-refractivity contribution in [1.29, 1.82) is 0 Å². The third-order valence-electron chi connectivity index (χ3n) is 3.53. The molecule has 1 aliphatic rings. The fourth-order valence-corrected chi connectivity index (χ4v) is 5.23. The van der Waals surface area contributed by atoms with Crippen LogP contribution in [0, 0.1) is 0 Å². The van der Waals surface area contributed by atoms with Gasteiger partial charge < -0.3 is 9.47 Å². The second-order valence-corrected chi connectivity index (χ2v) is 8.04. The first kappa shape index (κ1) is 18.8. The minimum atomic E-state index is -2.92. The van der Waals surface area contributed by atoms with Gasteiger partial charge in [-0.3, -0.25) is 0 Å². The van der Waals surface area contributed by atoms with E-state index in [0.29, 0.717) is 15.9 Å². The first-order valence-corrected chi connectivity index (χ1v) is 9.98. The van der Waals surface area contributed by atoms with Gasteiger partial charge in [-0.2, -0.15) is 8.78 Å². The van der Waals surface area contributed by atoms with Crippen LogP contribution in [-0.2, 0) is 4.79 Å². The lowest BCUT2D eigenvalue weighted by Crippen LogP contribution is -2.05. The van der Waals surface area contributed by atoms with E-state index in [-0.39, 0.29) is 5.75 Å². The lowest BCUT2D eigenvalue weighted by atomic mass is 10.2. The highest BCUT2D eigenvalue weighted by Crippen LogP contribution is 2.45. The van der Waals surface area contributed by atoms with Gasteiger partial charge >= 0.3 is 12.6 Å². The molecule has 0 aliphatic carbocycles. The fraction of sp³-hybridized carbons (Fsp3) is 0.211. The molecule has 0 spiro atoms. The molecule has 3 rings (SSSR count). The molecule has 0 N–H and O–H groups in total. The van der Waals surface area contributed by atoms with E-state index in [2.05, 4.69) is 4.74 Å². The van der Waals surface area contributed by atoms with Gasteiger partial charge in [0.25, 0.3) is 0 Å². The second-order valence-electron chi connectivity index (χ2n) is 5.31. The predicted molar refractivity (Wildman–Crippen MR) is 102 cm³/mol. The average molecular weight is 394 g/mol. The molecule has 0 unspecified atom stereocenters. The van der Waals surface area contributed by atoms with Crippen LogP contribution >= 0.6 is 23.5 Å². The van der Waals surface area contributed by atoms with Crippen LogP contribution in [0.4, 0.5) is 8.78 Å². The Bertz CT molecular complexity index is 773. The molecule has 0 radical (unpaired) electrons. The fourth-order valence-electron chi connectivity index (χ4n) is 2.37. The standard InChI is InChI=1S/C19H16F2O3S2/c20-19(21)24-16-4-2-1-3-13(16)7-10-17(22)23-15-8-5-14(6-9-15)18-25-11-12-26-18/h1-10,18-19H,11-12H2/b10-7+. The zero-order valence-electron chi connectivity index (χ0n) is 13.6. The molecule has 1 saturated heterocycles. The molecule has 26 heavy (non-hydrogen) atoms. The molecule has 0 bridgehead atoms. The van der Waals surface area contributed by atoms with E-state index in [1.165, 1.54) is 23.8 Å². The van der Waals surface area contributed by atoms with E-state index in [9.17, 15) is 13.6 Å². The Morgan fingerprint density at radius 3 is 2.46 bits per heavy atom. The number of thioether (sulfide) groups is 2. The number of rotatable bonds is 6. The third kappa shape index (κ3) is 5.25. The van der Waals surface area contributed by atoms with Crippen LogP contribution in [-0.4, -0.2) is 24.1 Å². The number of hydrogen-bond acceptors (Lipinski definition) is 5. The molecular formula is C19H16F2O3S2. The summed E-state index contributed by atoms with van der Waals surface area (Å²) >= 11 is 3.81. The number of alkyl halides is 2. The summed E-state index contributed by atoms with van der Waals surface area (Å²) in [6.07, 6.45) is 2.57. The molecule has 0 aromatic heterocycles. The number of para-hydroxylation sites is 1. The van der Waals surface area contributed by atoms with Gasteiger partial charge in [0.15, 0.2) is 0 Å². The maximum Gasteiger partial charge on any atom is 0.387 e. The van der Waals surface area contributed by atoms with Crippen LogP contribution in [0.5, 0.6) is 11.5 Å². The number of halogens is 2. The molecule has 136 valence electrons. The maximum atomic E-state index is 12.4. The average Bonchev–Trinajstić information content (AvgIpc) is 3.16. The monoisotopic (exact) mass is 394 g/mol. The van der Waals surface area contributed by atoms with Crippen LogP contribution < -0.4 is 9.47 Å². The van der Waals surface area contributed by atoms with E-state index in [1.54, 1.807) is 30.3 Å². The predicted octanol–water partition coefficient (Wildman–Crippen LogP) is 5.39. The smallest absolute Gasteiger partial charge is 0.387 e. The van der Waals surface area contributed by atoms with Crippen molar-refractivity contribution in [3.8, 4) is 11.5 Å². The van der Waals surface area contributed by atoms with Gasteiger partial charge in [0.2, 0.25) is 0 Å². The lowest BCUT2D eigenvalue weighted by molar-refractivity contribution is -0.128. The van der Waals surface area contributed by atoms with Crippen molar-refractivity contribution in [3.63, 3.8) is 0 Å². The first-order valence-electron chi connectivity index (χ1n) is 7.89. The molecule has 0 amide bonds. The number of ether oxygens (including phenoxy) is 2. The molecule has 2 aromatic rings. The van der Waals surface area contributed by atoms with Gasteiger partial charge in [0.1, 0.15) is 11.5 Å². The summed E-state index contributed by atoms with van der Waals surface area (Å²) in [6, 6.07) is 13.7. The van der Waals surface area contributed by atoms with Gasteiger partial charge in [-0.15, -0.1) is 23.5 Å². The normalized spacial score (nSPS) is 14.9. The van der Waals surface area contributed by atoms with E-state index < -0.39 is 12.6 Å². The Balaban J connectivity index is 1.61. The van der Waals surface area contributed by atoms with Gasteiger partial charge in [0.05, 0.1) is 4.58 Å². The summed E-state index contributed by atoms with van der Waals surface area (Å²) in [4.78, 5) is 12.0. The summed E-state index contributed by atoms with van der Waals surface area (Å²) in [6.45, 7) is -2.92. The van der Waals surface area contributed by atoms with Crippen molar-refractivity contribution in [1.82, 2.24) is 0 Å². The molecule has 1 fully saturated rings. The third-order valence-corrected chi connectivity index (χ3v) is 6.63. The van der Waals surface area contributed by atoms with E-state index in [0.717, 1.165) is 11.5 Å². The zero-order valence-corrected chi connectivity index (χ0v) is 15.3. The highest BCUT2D eigenvalue weighted by atomic mass is 32.2. The molecule has 1 heterocycles. The van der Waals surface area contributed by atoms with Crippen LogP contribution in [0.25, 0.3) is 6.08 Å². The largest absolute Gasteiger partial charge is 0.434 e. The maximum absolute atomic E-state index is 12.4. The highest BCUT2D eigenvalue weighted by Gasteiger charge is 2.18. The van der Waals surface area contributed by atoms with Crippen LogP contribution in [0.2, 0.25) is 0 Å². The molecule has 2 aromatic carbocycles. The van der Waals surface area contributed by atoms with Crippen LogP contribution in [0.15, 0.2) is 54.6 Å². The molecule has 0 saturated carbocycles.